The molecule has 96 valence electrons. The summed E-state index contributed by atoms with van der Waals surface area (Å²) in [4.78, 5) is 27.7. The lowest BCUT2D eigenvalue weighted by molar-refractivity contribution is 0.0596. The summed E-state index contributed by atoms with van der Waals surface area (Å²) in [5.74, 6) is 2.19. The summed E-state index contributed by atoms with van der Waals surface area (Å²) < 4.78 is 5.98. The van der Waals surface area contributed by atoms with Gasteiger partial charge in [0.05, 0.1) is 19.1 Å². The van der Waals surface area contributed by atoms with Crippen molar-refractivity contribution in [3.63, 3.8) is 0 Å². The summed E-state index contributed by atoms with van der Waals surface area (Å²) in [5, 5.41) is 0.501. The first kappa shape index (κ1) is 14.3. The van der Waals surface area contributed by atoms with E-state index < -0.39 is 11.5 Å². The Hall–Kier alpha value is -1.74. The highest BCUT2D eigenvalue weighted by Gasteiger charge is 2.18. The maximum Gasteiger partial charge on any atom is 0.345 e. The first-order chi connectivity index (χ1) is 8.52. The Labute approximate surface area is 110 Å². The number of methoxy groups -OCH3 is 1. The molecule has 0 bridgehead atoms. The highest BCUT2D eigenvalue weighted by molar-refractivity contribution is 7.99. The van der Waals surface area contributed by atoms with Gasteiger partial charge in [-0.3, -0.25) is 9.36 Å². The molecule has 0 atom stereocenters. The fraction of sp³-hybridized carbons (Fsp3) is 0.417. The molecule has 0 saturated heterocycles. The fourth-order valence-corrected chi connectivity index (χ4v) is 2.14. The van der Waals surface area contributed by atoms with Gasteiger partial charge in [-0.15, -0.1) is 6.42 Å². The average molecular weight is 266 g/mol. The molecule has 5 nitrogen and oxygen atoms in total. The third-order valence-electron chi connectivity index (χ3n) is 2.17. The number of hydrogen-bond donors (Lipinski definition) is 0. The molecule has 0 spiro atoms. The van der Waals surface area contributed by atoms with Crippen molar-refractivity contribution in [1.29, 1.82) is 0 Å². The van der Waals surface area contributed by atoms with Gasteiger partial charge in [-0.05, 0) is 13.8 Å². The van der Waals surface area contributed by atoms with Gasteiger partial charge in [-0.25, -0.2) is 9.78 Å². The van der Waals surface area contributed by atoms with Crippen LogP contribution in [-0.4, -0.2) is 28.4 Å². The molecule has 0 radical (unpaired) electrons. The van der Waals surface area contributed by atoms with Crippen LogP contribution in [0.5, 0.6) is 0 Å². The van der Waals surface area contributed by atoms with Gasteiger partial charge in [0.2, 0.25) is 0 Å². The van der Waals surface area contributed by atoms with Gasteiger partial charge < -0.3 is 4.74 Å². The Morgan fingerprint density at radius 1 is 1.67 bits per heavy atom. The van der Waals surface area contributed by atoms with Gasteiger partial charge in [0, 0.05) is 6.04 Å². The standard InChI is InChI=1S/C12H14N2O3S/c1-5-6-18-12-13-7-9(11(16)17-4)10(15)14(12)8(2)3/h1,7-8H,6H2,2-4H3. The Bertz CT molecular complexity index is 543. The van der Waals surface area contributed by atoms with E-state index in [-0.39, 0.29) is 11.6 Å². The number of hydrogen-bond acceptors (Lipinski definition) is 5. The van der Waals surface area contributed by atoms with Crippen molar-refractivity contribution in [2.75, 3.05) is 12.9 Å². The molecule has 0 aromatic carbocycles. The molecule has 0 fully saturated rings. The van der Waals surface area contributed by atoms with E-state index in [0.29, 0.717) is 10.9 Å². The Morgan fingerprint density at radius 2 is 2.33 bits per heavy atom. The zero-order chi connectivity index (χ0) is 13.7. The van der Waals surface area contributed by atoms with Gasteiger partial charge in [0.25, 0.3) is 5.56 Å². The molecule has 6 heteroatoms. The minimum Gasteiger partial charge on any atom is -0.465 e. The van der Waals surface area contributed by atoms with E-state index in [2.05, 4.69) is 15.6 Å². The second-order valence-electron chi connectivity index (χ2n) is 3.71. The molecule has 1 aromatic heterocycles. The number of carbonyl (C=O) groups excluding carboxylic acids is 1. The Kier molecular flexibility index (Phi) is 4.98. The lowest BCUT2D eigenvalue weighted by Gasteiger charge is -2.14. The van der Waals surface area contributed by atoms with E-state index in [1.165, 1.54) is 29.6 Å². The van der Waals surface area contributed by atoms with Crippen molar-refractivity contribution < 1.29 is 9.53 Å². The lowest BCUT2D eigenvalue weighted by Crippen LogP contribution is -2.30. The van der Waals surface area contributed by atoms with Crippen LogP contribution in [0.4, 0.5) is 0 Å². The van der Waals surface area contributed by atoms with Gasteiger partial charge in [-0.1, -0.05) is 17.7 Å². The molecule has 0 aliphatic carbocycles. The van der Waals surface area contributed by atoms with Gasteiger partial charge in [0.15, 0.2) is 5.16 Å². The number of thioether (sulfide) groups is 1. The van der Waals surface area contributed by atoms with E-state index in [1.807, 2.05) is 13.8 Å². The molecule has 1 aromatic rings. The topological polar surface area (TPSA) is 61.2 Å². The summed E-state index contributed by atoms with van der Waals surface area (Å²) >= 11 is 1.28. The second kappa shape index (κ2) is 6.26. The quantitative estimate of drug-likeness (QED) is 0.356. The maximum atomic E-state index is 12.2. The zero-order valence-corrected chi connectivity index (χ0v) is 11.3. The molecule has 0 aliphatic rings. The summed E-state index contributed by atoms with van der Waals surface area (Å²) in [5.41, 5.74) is -0.484. The molecule has 1 heterocycles. The van der Waals surface area contributed by atoms with Crippen molar-refractivity contribution in [2.24, 2.45) is 0 Å². The SMILES string of the molecule is C#CCSc1ncc(C(=O)OC)c(=O)n1C(C)C. The molecule has 0 aliphatic heterocycles. The number of rotatable bonds is 4. The monoisotopic (exact) mass is 266 g/mol. The van der Waals surface area contributed by atoms with E-state index in [0.717, 1.165) is 0 Å². The van der Waals surface area contributed by atoms with Gasteiger partial charge in [0.1, 0.15) is 5.56 Å². The van der Waals surface area contributed by atoms with Crippen LogP contribution in [-0.2, 0) is 4.74 Å². The number of ether oxygens (including phenoxy) is 1. The number of nitrogens with zero attached hydrogens (tertiary/aromatic N) is 2. The molecular formula is C12H14N2O3S. The van der Waals surface area contributed by atoms with Crippen LogP contribution in [0, 0.1) is 12.3 Å². The third-order valence-corrected chi connectivity index (χ3v) is 3.04. The van der Waals surface area contributed by atoms with Crippen LogP contribution in [0.15, 0.2) is 16.1 Å². The molecule has 0 N–H and O–H groups in total. The summed E-state index contributed by atoms with van der Waals surface area (Å²) in [6.45, 7) is 3.67. The normalized spacial score (nSPS) is 10.2. The van der Waals surface area contributed by atoms with E-state index in [9.17, 15) is 9.59 Å². The number of terminal acetylenes is 1. The Balaban J connectivity index is 3.34. The average Bonchev–Trinajstić information content (AvgIpc) is 2.34. The van der Waals surface area contributed by atoms with Crippen molar-refractivity contribution in [2.45, 2.75) is 25.0 Å². The third kappa shape index (κ3) is 2.93. The largest absolute Gasteiger partial charge is 0.465 e. The number of carbonyl (C=O) groups is 1. The fourth-order valence-electron chi connectivity index (χ4n) is 1.37. The summed E-state index contributed by atoms with van der Waals surface area (Å²) in [6, 6.07) is -0.116. The minimum atomic E-state index is -0.685. The summed E-state index contributed by atoms with van der Waals surface area (Å²) in [6.07, 6.45) is 6.41. The first-order valence-electron chi connectivity index (χ1n) is 5.29. The molecule has 0 amide bonds. The van der Waals surface area contributed by atoms with Gasteiger partial charge >= 0.3 is 5.97 Å². The van der Waals surface area contributed by atoms with E-state index in [1.54, 1.807) is 0 Å². The lowest BCUT2D eigenvalue weighted by atomic mass is 10.3. The predicted molar refractivity (Wildman–Crippen MR) is 69.8 cm³/mol. The molecular weight excluding hydrogens is 252 g/mol. The first-order valence-corrected chi connectivity index (χ1v) is 6.27. The maximum absolute atomic E-state index is 12.2. The van der Waals surface area contributed by atoms with Crippen LogP contribution in [0.25, 0.3) is 0 Å². The predicted octanol–water partition coefficient (Wildman–Crippen LogP) is 1.34. The second-order valence-corrected chi connectivity index (χ2v) is 4.65. The van der Waals surface area contributed by atoms with Gasteiger partial charge in [-0.2, -0.15) is 0 Å². The highest BCUT2D eigenvalue weighted by Crippen LogP contribution is 2.17. The van der Waals surface area contributed by atoms with Crippen molar-refractivity contribution in [3.8, 4) is 12.3 Å². The zero-order valence-electron chi connectivity index (χ0n) is 10.5. The molecule has 0 saturated carbocycles. The minimum absolute atomic E-state index is 0.0729. The van der Waals surface area contributed by atoms with E-state index >= 15 is 0 Å². The van der Waals surface area contributed by atoms with Crippen molar-refractivity contribution >= 4 is 17.7 Å². The smallest absolute Gasteiger partial charge is 0.345 e. The van der Waals surface area contributed by atoms with Crippen molar-refractivity contribution in [1.82, 2.24) is 9.55 Å². The van der Waals surface area contributed by atoms with Crippen LogP contribution in [0.3, 0.4) is 0 Å². The van der Waals surface area contributed by atoms with Crippen LogP contribution in [0.1, 0.15) is 30.2 Å². The number of esters is 1. The summed E-state index contributed by atoms with van der Waals surface area (Å²) in [7, 11) is 1.22. The van der Waals surface area contributed by atoms with Crippen LogP contribution < -0.4 is 5.56 Å². The van der Waals surface area contributed by atoms with E-state index in [4.69, 9.17) is 6.42 Å². The molecule has 18 heavy (non-hydrogen) atoms. The molecule has 0 unspecified atom stereocenters. The molecule has 1 rings (SSSR count). The number of aromatic nitrogens is 2. The van der Waals surface area contributed by atoms with Crippen molar-refractivity contribution in [3.05, 3.63) is 22.1 Å². The van der Waals surface area contributed by atoms with Crippen LogP contribution in [0.2, 0.25) is 0 Å². The Morgan fingerprint density at radius 3 is 2.83 bits per heavy atom. The highest BCUT2D eigenvalue weighted by atomic mass is 32.2. The van der Waals surface area contributed by atoms with Crippen LogP contribution >= 0.6 is 11.8 Å².